The highest BCUT2D eigenvalue weighted by Crippen LogP contribution is 2.32. The maximum Gasteiger partial charge on any atom is 0.340 e. The molecular formula is C23H26N4O3. The largest absolute Gasteiger partial charge is 0.477 e. The number of nitrogens with two attached hydrogens (primary N) is 1. The molecule has 2 N–H and O–H groups in total. The zero-order chi connectivity index (χ0) is 21.5. The molecule has 0 saturated carbocycles. The van der Waals surface area contributed by atoms with E-state index in [0.29, 0.717) is 31.1 Å². The van der Waals surface area contributed by atoms with E-state index in [9.17, 15) is 4.79 Å². The van der Waals surface area contributed by atoms with Crippen molar-refractivity contribution in [1.29, 1.82) is 0 Å². The van der Waals surface area contributed by atoms with Gasteiger partial charge < -0.3 is 15.2 Å². The Morgan fingerprint density at radius 2 is 2.00 bits per heavy atom. The Morgan fingerprint density at radius 1 is 1.20 bits per heavy atom. The van der Waals surface area contributed by atoms with Gasteiger partial charge in [0.05, 0.1) is 29.9 Å². The molecule has 0 fully saturated rings. The smallest absolute Gasteiger partial charge is 0.340 e. The summed E-state index contributed by atoms with van der Waals surface area (Å²) in [5.74, 6) is 0.322. The number of hydrogen-bond donors (Lipinski definition) is 1. The third-order valence-corrected chi connectivity index (χ3v) is 5.26. The van der Waals surface area contributed by atoms with Crippen LogP contribution in [0.3, 0.4) is 0 Å². The molecule has 0 unspecified atom stereocenters. The second-order valence-electron chi connectivity index (χ2n) is 8.26. The standard InChI is InChI=1S/C23H26N4O3/c1-5-29-21-18-10-25-15(9-17(18)19(11-26-21)23(3,4)24)8-14-6-7-16-20(27-14)13(2)12-30-22(16)28/h6-7,9-11,13H,5,8,12,24H2,1-4H3/t13-/m0/s1. The molecule has 1 aliphatic heterocycles. The lowest BCUT2D eigenvalue weighted by atomic mass is 9.92. The molecule has 1 atom stereocenters. The van der Waals surface area contributed by atoms with E-state index in [0.717, 1.165) is 33.4 Å². The molecule has 7 heteroatoms. The Bertz CT molecular complexity index is 1120. The minimum Gasteiger partial charge on any atom is -0.477 e. The predicted molar refractivity (Wildman–Crippen MR) is 114 cm³/mol. The average molecular weight is 406 g/mol. The number of ether oxygens (including phenoxy) is 2. The predicted octanol–water partition coefficient (Wildman–Crippen LogP) is 3.48. The maximum absolute atomic E-state index is 12.0. The highest BCUT2D eigenvalue weighted by atomic mass is 16.5. The molecular weight excluding hydrogens is 380 g/mol. The van der Waals surface area contributed by atoms with Crippen molar-refractivity contribution in [2.45, 2.75) is 45.6 Å². The van der Waals surface area contributed by atoms with Gasteiger partial charge in [-0.05, 0) is 49.9 Å². The van der Waals surface area contributed by atoms with Crippen LogP contribution in [0.25, 0.3) is 10.8 Å². The first-order chi connectivity index (χ1) is 14.3. The van der Waals surface area contributed by atoms with Gasteiger partial charge in [0.15, 0.2) is 0 Å². The van der Waals surface area contributed by atoms with E-state index >= 15 is 0 Å². The number of pyridine rings is 3. The van der Waals surface area contributed by atoms with Crippen LogP contribution in [0.1, 0.15) is 66.6 Å². The number of carbonyl (C=O) groups is 1. The third kappa shape index (κ3) is 3.73. The van der Waals surface area contributed by atoms with Gasteiger partial charge in [-0.15, -0.1) is 0 Å². The Kier molecular flexibility index (Phi) is 5.15. The number of hydrogen-bond acceptors (Lipinski definition) is 7. The number of rotatable bonds is 5. The van der Waals surface area contributed by atoms with Gasteiger partial charge in [0.2, 0.25) is 5.88 Å². The summed E-state index contributed by atoms with van der Waals surface area (Å²) in [6, 6.07) is 5.68. The summed E-state index contributed by atoms with van der Waals surface area (Å²) in [4.78, 5) is 25.8. The second kappa shape index (κ2) is 7.65. The van der Waals surface area contributed by atoms with Crippen LogP contribution in [0.2, 0.25) is 0 Å². The fourth-order valence-corrected chi connectivity index (χ4v) is 3.72. The summed E-state index contributed by atoms with van der Waals surface area (Å²) in [5, 5.41) is 1.81. The summed E-state index contributed by atoms with van der Waals surface area (Å²) < 4.78 is 10.9. The van der Waals surface area contributed by atoms with E-state index in [1.54, 1.807) is 18.5 Å². The molecule has 30 heavy (non-hydrogen) atoms. The summed E-state index contributed by atoms with van der Waals surface area (Å²) in [6.07, 6.45) is 4.11. The van der Waals surface area contributed by atoms with Crippen LogP contribution in [0, 0.1) is 0 Å². The Labute approximate surface area is 175 Å². The van der Waals surface area contributed by atoms with Gasteiger partial charge in [0.1, 0.15) is 0 Å². The maximum atomic E-state index is 12.0. The second-order valence-corrected chi connectivity index (χ2v) is 8.26. The van der Waals surface area contributed by atoms with Crippen molar-refractivity contribution < 1.29 is 14.3 Å². The Hall–Kier alpha value is -3.06. The molecule has 0 aliphatic carbocycles. The van der Waals surface area contributed by atoms with E-state index in [2.05, 4.69) is 9.97 Å². The normalized spacial score (nSPS) is 16.3. The van der Waals surface area contributed by atoms with Gasteiger partial charge in [-0.2, -0.15) is 0 Å². The molecule has 156 valence electrons. The first-order valence-corrected chi connectivity index (χ1v) is 10.1. The van der Waals surface area contributed by atoms with Crippen molar-refractivity contribution >= 4 is 16.7 Å². The van der Waals surface area contributed by atoms with Gasteiger partial charge in [-0.3, -0.25) is 9.97 Å². The van der Waals surface area contributed by atoms with Crippen molar-refractivity contribution in [3.8, 4) is 5.88 Å². The van der Waals surface area contributed by atoms with E-state index in [1.165, 1.54) is 0 Å². The fourth-order valence-electron chi connectivity index (χ4n) is 3.72. The first-order valence-electron chi connectivity index (χ1n) is 10.1. The SMILES string of the molecule is CCOc1ncc(C(C)(C)N)c2cc(Cc3ccc4c(n3)[C@@H](C)COC4=O)ncc12. The van der Waals surface area contributed by atoms with Crippen molar-refractivity contribution in [3.05, 3.63) is 58.8 Å². The summed E-state index contributed by atoms with van der Waals surface area (Å²) in [6.45, 7) is 8.72. The lowest BCUT2D eigenvalue weighted by Crippen LogP contribution is -2.29. The Morgan fingerprint density at radius 3 is 2.73 bits per heavy atom. The van der Waals surface area contributed by atoms with Crippen molar-refractivity contribution in [2.75, 3.05) is 13.2 Å². The third-order valence-electron chi connectivity index (χ3n) is 5.26. The van der Waals surface area contributed by atoms with Crippen molar-refractivity contribution in [1.82, 2.24) is 15.0 Å². The van der Waals surface area contributed by atoms with Gasteiger partial charge in [-0.1, -0.05) is 6.92 Å². The van der Waals surface area contributed by atoms with Gasteiger partial charge in [0, 0.05) is 41.7 Å². The number of cyclic esters (lactones) is 1. The highest BCUT2D eigenvalue weighted by molar-refractivity contribution is 5.92. The van der Waals surface area contributed by atoms with Crippen LogP contribution in [0.5, 0.6) is 5.88 Å². The molecule has 0 amide bonds. The molecule has 7 nitrogen and oxygen atoms in total. The number of esters is 1. The molecule has 3 aromatic heterocycles. The van der Waals surface area contributed by atoms with E-state index < -0.39 is 5.54 Å². The zero-order valence-corrected chi connectivity index (χ0v) is 17.7. The van der Waals surface area contributed by atoms with Crippen molar-refractivity contribution in [3.63, 3.8) is 0 Å². The van der Waals surface area contributed by atoms with Gasteiger partial charge in [0.25, 0.3) is 0 Å². The van der Waals surface area contributed by atoms with Crippen LogP contribution in [0.15, 0.2) is 30.6 Å². The lowest BCUT2D eigenvalue weighted by molar-refractivity contribution is 0.0444. The molecule has 4 rings (SSSR count). The summed E-state index contributed by atoms with van der Waals surface area (Å²) in [5.41, 5.74) is 9.82. The number of carbonyl (C=O) groups excluding carboxylic acids is 1. The quantitative estimate of drug-likeness (QED) is 0.647. The monoisotopic (exact) mass is 406 g/mol. The molecule has 0 spiro atoms. The van der Waals surface area contributed by atoms with Crippen LogP contribution in [0.4, 0.5) is 0 Å². The lowest BCUT2D eigenvalue weighted by Gasteiger charge is -2.22. The van der Waals surface area contributed by atoms with Crippen LogP contribution < -0.4 is 10.5 Å². The molecule has 0 aromatic carbocycles. The number of nitrogens with zero attached hydrogens (tertiary/aromatic N) is 3. The summed E-state index contributed by atoms with van der Waals surface area (Å²) in [7, 11) is 0. The molecule has 3 aromatic rings. The summed E-state index contributed by atoms with van der Waals surface area (Å²) >= 11 is 0. The number of fused-ring (bicyclic) bond motifs is 2. The molecule has 0 radical (unpaired) electrons. The topological polar surface area (TPSA) is 100 Å². The zero-order valence-electron chi connectivity index (χ0n) is 17.7. The number of aromatic nitrogens is 3. The molecule has 0 bridgehead atoms. The van der Waals surface area contributed by atoms with Crippen LogP contribution in [-0.2, 0) is 16.7 Å². The average Bonchev–Trinajstić information content (AvgIpc) is 2.70. The van der Waals surface area contributed by atoms with Gasteiger partial charge >= 0.3 is 5.97 Å². The van der Waals surface area contributed by atoms with Crippen molar-refractivity contribution in [2.24, 2.45) is 5.73 Å². The fraction of sp³-hybridized carbons (Fsp3) is 0.391. The first kappa shape index (κ1) is 20.2. The van der Waals surface area contributed by atoms with Crippen LogP contribution >= 0.6 is 0 Å². The molecule has 4 heterocycles. The van der Waals surface area contributed by atoms with E-state index in [-0.39, 0.29) is 11.9 Å². The minimum absolute atomic E-state index is 0.0756. The Balaban J connectivity index is 1.75. The van der Waals surface area contributed by atoms with Crippen LogP contribution in [-0.4, -0.2) is 34.1 Å². The van der Waals surface area contributed by atoms with E-state index in [4.69, 9.17) is 20.2 Å². The van der Waals surface area contributed by atoms with Gasteiger partial charge in [-0.25, -0.2) is 9.78 Å². The molecule has 1 aliphatic rings. The molecule has 0 saturated heterocycles. The van der Waals surface area contributed by atoms with E-state index in [1.807, 2.05) is 39.8 Å². The minimum atomic E-state index is -0.561. The highest BCUT2D eigenvalue weighted by Gasteiger charge is 2.26.